The highest BCUT2D eigenvalue weighted by Crippen LogP contribution is 2.36. The number of carbonyl (C=O) groups excluding carboxylic acids is 1. The number of aliphatic carboxylic acids is 1. The molecule has 0 spiro atoms. The number of nitrogens with zero attached hydrogens (tertiary/aromatic N) is 2. The number of rotatable bonds is 4. The zero-order valence-corrected chi connectivity index (χ0v) is 14.4. The maximum Gasteiger partial charge on any atom is 0.416 e. The highest BCUT2D eigenvalue weighted by atomic mass is 19.4. The third-order valence-electron chi connectivity index (χ3n) is 4.53. The molecule has 1 heterocycles. The summed E-state index contributed by atoms with van der Waals surface area (Å²) in [5.41, 5.74) is 0.497. The van der Waals surface area contributed by atoms with Crippen molar-refractivity contribution >= 4 is 23.3 Å². The minimum Gasteiger partial charge on any atom is -0.480 e. The molecule has 1 aliphatic heterocycles. The van der Waals surface area contributed by atoms with Crippen LogP contribution in [0.2, 0.25) is 0 Å². The van der Waals surface area contributed by atoms with E-state index in [1.807, 2.05) is 0 Å². The Kier molecular flexibility index (Phi) is 4.82. The minimum absolute atomic E-state index is 0.0635. The van der Waals surface area contributed by atoms with E-state index < -0.39 is 29.7 Å². The Bertz CT molecular complexity index is 865. The van der Waals surface area contributed by atoms with E-state index in [0.717, 1.165) is 12.1 Å². The summed E-state index contributed by atoms with van der Waals surface area (Å²) in [5, 5.41) is 9.44. The standard InChI is InChI=1S/C19H17F3N2O3/c1-2-15(18(26)27)24-11-23(16-6-4-3-5-14(16)17(24)25)13-9-7-12(8-10-13)19(20,21)22/h3-10,15H,2,11H2,1H3,(H,26,27). The van der Waals surface area contributed by atoms with Crippen molar-refractivity contribution in [1.29, 1.82) is 0 Å². The van der Waals surface area contributed by atoms with Crippen LogP contribution in [0.25, 0.3) is 0 Å². The fourth-order valence-corrected chi connectivity index (χ4v) is 3.16. The zero-order chi connectivity index (χ0) is 19.8. The second kappa shape index (κ2) is 6.94. The molecule has 0 saturated carbocycles. The Labute approximate surface area is 153 Å². The predicted molar refractivity (Wildman–Crippen MR) is 92.8 cm³/mol. The number of anilines is 2. The van der Waals surface area contributed by atoms with Crippen LogP contribution >= 0.6 is 0 Å². The molecule has 3 rings (SSSR count). The van der Waals surface area contributed by atoms with Gasteiger partial charge in [0.2, 0.25) is 0 Å². The average molecular weight is 378 g/mol. The van der Waals surface area contributed by atoms with Crippen molar-refractivity contribution in [3.63, 3.8) is 0 Å². The number of alkyl halides is 3. The van der Waals surface area contributed by atoms with Gasteiger partial charge in [-0.25, -0.2) is 4.79 Å². The molecule has 0 aromatic heterocycles. The highest BCUT2D eigenvalue weighted by Gasteiger charge is 2.37. The van der Waals surface area contributed by atoms with E-state index in [-0.39, 0.29) is 13.1 Å². The summed E-state index contributed by atoms with van der Waals surface area (Å²) in [7, 11) is 0. The van der Waals surface area contributed by atoms with Gasteiger partial charge in [0.25, 0.3) is 5.91 Å². The Morgan fingerprint density at radius 1 is 1.15 bits per heavy atom. The fraction of sp³-hybridized carbons (Fsp3) is 0.263. The van der Waals surface area contributed by atoms with Crippen LogP contribution in [0, 0.1) is 0 Å². The van der Waals surface area contributed by atoms with Gasteiger partial charge in [0.15, 0.2) is 0 Å². The van der Waals surface area contributed by atoms with Gasteiger partial charge in [-0.05, 0) is 42.8 Å². The molecule has 1 N–H and O–H groups in total. The number of fused-ring (bicyclic) bond motifs is 1. The molecule has 1 unspecified atom stereocenters. The third-order valence-corrected chi connectivity index (χ3v) is 4.53. The molecule has 27 heavy (non-hydrogen) atoms. The molecular formula is C19H17F3N2O3. The molecule has 5 nitrogen and oxygen atoms in total. The van der Waals surface area contributed by atoms with Crippen LogP contribution in [-0.2, 0) is 11.0 Å². The number of hydrogen-bond donors (Lipinski definition) is 1. The first-order chi connectivity index (χ1) is 12.7. The normalized spacial score (nSPS) is 15.5. The topological polar surface area (TPSA) is 60.9 Å². The molecule has 0 radical (unpaired) electrons. The molecule has 2 aromatic rings. The first-order valence-electron chi connectivity index (χ1n) is 8.31. The van der Waals surface area contributed by atoms with E-state index in [1.165, 1.54) is 17.0 Å². The van der Waals surface area contributed by atoms with Crippen LogP contribution in [0.3, 0.4) is 0 Å². The van der Waals surface area contributed by atoms with Crippen molar-refractivity contribution in [3.8, 4) is 0 Å². The van der Waals surface area contributed by atoms with Crippen LogP contribution < -0.4 is 4.90 Å². The molecule has 0 aliphatic carbocycles. The van der Waals surface area contributed by atoms with Gasteiger partial charge in [-0.15, -0.1) is 0 Å². The van der Waals surface area contributed by atoms with Gasteiger partial charge in [0, 0.05) is 5.69 Å². The predicted octanol–water partition coefficient (Wildman–Crippen LogP) is 4.12. The summed E-state index contributed by atoms with van der Waals surface area (Å²) >= 11 is 0. The van der Waals surface area contributed by atoms with Gasteiger partial charge in [-0.3, -0.25) is 4.79 Å². The summed E-state index contributed by atoms with van der Waals surface area (Å²) in [6, 6.07) is 10.2. The molecule has 0 saturated heterocycles. The van der Waals surface area contributed by atoms with Gasteiger partial charge in [0.1, 0.15) is 6.04 Å². The summed E-state index contributed by atoms with van der Waals surface area (Å²) in [5.74, 6) is -1.54. The molecule has 1 atom stereocenters. The third kappa shape index (κ3) is 3.47. The second-order valence-electron chi connectivity index (χ2n) is 6.17. The molecule has 0 fully saturated rings. The average Bonchev–Trinajstić information content (AvgIpc) is 2.63. The molecule has 0 bridgehead atoms. The Hall–Kier alpha value is -3.03. The smallest absolute Gasteiger partial charge is 0.416 e. The lowest BCUT2D eigenvalue weighted by Gasteiger charge is -2.40. The van der Waals surface area contributed by atoms with Crippen LogP contribution in [0.1, 0.15) is 29.3 Å². The van der Waals surface area contributed by atoms with Crippen molar-refractivity contribution in [2.75, 3.05) is 11.6 Å². The van der Waals surface area contributed by atoms with E-state index in [0.29, 0.717) is 16.9 Å². The fourth-order valence-electron chi connectivity index (χ4n) is 3.16. The van der Waals surface area contributed by atoms with Gasteiger partial charge in [-0.1, -0.05) is 19.1 Å². The van der Waals surface area contributed by atoms with E-state index in [9.17, 15) is 27.9 Å². The lowest BCUT2D eigenvalue weighted by molar-refractivity contribution is -0.142. The highest BCUT2D eigenvalue weighted by molar-refractivity contribution is 6.04. The molecule has 8 heteroatoms. The molecule has 142 valence electrons. The maximum atomic E-state index is 12.8. The number of para-hydroxylation sites is 1. The largest absolute Gasteiger partial charge is 0.480 e. The summed E-state index contributed by atoms with van der Waals surface area (Å²) in [4.78, 5) is 27.2. The monoisotopic (exact) mass is 378 g/mol. The Morgan fingerprint density at radius 2 is 1.78 bits per heavy atom. The van der Waals surface area contributed by atoms with Crippen molar-refractivity contribution < 1.29 is 27.9 Å². The number of carboxylic acids is 1. The minimum atomic E-state index is -4.45. The summed E-state index contributed by atoms with van der Waals surface area (Å²) in [6.45, 7) is 1.60. The number of halogens is 3. The number of amides is 1. The molecule has 2 aromatic carbocycles. The number of carbonyl (C=O) groups is 2. The van der Waals surface area contributed by atoms with Crippen LogP contribution in [0.5, 0.6) is 0 Å². The lowest BCUT2D eigenvalue weighted by Crippen LogP contribution is -2.52. The van der Waals surface area contributed by atoms with Crippen LogP contribution in [-0.4, -0.2) is 34.6 Å². The first kappa shape index (κ1) is 18.8. The maximum absolute atomic E-state index is 12.8. The van der Waals surface area contributed by atoms with Gasteiger partial charge in [0.05, 0.1) is 23.5 Å². The van der Waals surface area contributed by atoms with Crippen molar-refractivity contribution in [2.24, 2.45) is 0 Å². The van der Waals surface area contributed by atoms with Crippen molar-refractivity contribution in [2.45, 2.75) is 25.6 Å². The van der Waals surface area contributed by atoms with E-state index >= 15 is 0 Å². The Balaban J connectivity index is 2.05. The van der Waals surface area contributed by atoms with Gasteiger partial charge >= 0.3 is 12.1 Å². The van der Waals surface area contributed by atoms with Crippen molar-refractivity contribution in [3.05, 3.63) is 59.7 Å². The van der Waals surface area contributed by atoms with E-state index in [4.69, 9.17) is 0 Å². The molecule has 1 amide bonds. The lowest BCUT2D eigenvalue weighted by atomic mass is 10.0. The zero-order valence-electron chi connectivity index (χ0n) is 14.4. The number of hydrogen-bond acceptors (Lipinski definition) is 3. The van der Waals surface area contributed by atoms with Crippen LogP contribution in [0.15, 0.2) is 48.5 Å². The second-order valence-corrected chi connectivity index (χ2v) is 6.17. The number of carboxylic acid groups (broad SMARTS) is 1. The summed E-state index contributed by atoms with van der Waals surface area (Å²) < 4.78 is 38.5. The quantitative estimate of drug-likeness (QED) is 0.870. The van der Waals surface area contributed by atoms with Gasteiger partial charge in [-0.2, -0.15) is 13.2 Å². The first-order valence-corrected chi connectivity index (χ1v) is 8.31. The van der Waals surface area contributed by atoms with Crippen LogP contribution in [0.4, 0.5) is 24.5 Å². The number of benzene rings is 2. The van der Waals surface area contributed by atoms with Crippen molar-refractivity contribution in [1.82, 2.24) is 4.90 Å². The van der Waals surface area contributed by atoms with Gasteiger partial charge < -0.3 is 14.9 Å². The Morgan fingerprint density at radius 3 is 2.33 bits per heavy atom. The molecule has 1 aliphatic rings. The SMILES string of the molecule is CCC(C(=O)O)N1CN(c2ccc(C(F)(F)F)cc2)c2ccccc2C1=O. The van der Waals surface area contributed by atoms with E-state index in [2.05, 4.69) is 0 Å². The molecular weight excluding hydrogens is 361 g/mol. The summed E-state index contributed by atoms with van der Waals surface area (Å²) in [6.07, 6.45) is -4.24. The van der Waals surface area contributed by atoms with E-state index in [1.54, 1.807) is 36.1 Å².